The number of amides is 1. The van der Waals surface area contributed by atoms with Crippen LogP contribution in [0.15, 0.2) is 36.9 Å². The molecule has 0 fully saturated rings. The molecule has 1 amide bonds. The number of ether oxygens (including phenoxy) is 2. The number of benzene rings is 1. The Bertz CT molecular complexity index is 584. The average molecular weight is 301 g/mol. The largest absolute Gasteiger partial charge is 0.481 e. The number of esters is 1. The number of hydrogen-bond donors (Lipinski definition) is 1. The van der Waals surface area contributed by atoms with Crippen molar-refractivity contribution >= 4 is 11.9 Å². The van der Waals surface area contributed by atoms with Crippen LogP contribution in [-0.2, 0) is 20.7 Å². The lowest BCUT2D eigenvalue weighted by molar-refractivity contribution is -0.154. The molecule has 0 saturated heterocycles. The normalized spacial score (nSPS) is 9.14. The standard InChI is InChI=1S/C17H19NO4/c1-3-9-14-10-5-6-11-15(14)22-13-8-7-12-18-16(19)17(20)21-4-2/h3,5-6,10-11H,1,4,9,12-13H2,2H3,(H,18,19). The molecule has 0 radical (unpaired) electrons. The summed E-state index contributed by atoms with van der Waals surface area (Å²) < 4.78 is 10.1. The molecule has 5 heteroatoms. The lowest BCUT2D eigenvalue weighted by atomic mass is 10.1. The van der Waals surface area contributed by atoms with Crippen LogP contribution in [-0.4, -0.2) is 31.6 Å². The first kappa shape index (κ1) is 17.3. The number of carbonyl (C=O) groups is 2. The summed E-state index contributed by atoms with van der Waals surface area (Å²) in [7, 11) is 0. The molecule has 1 N–H and O–H groups in total. The van der Waals surface area contributed by atoms with Crippen molar-refractivity contribution in [2.75, 3.05) is 19.8 Å². The van der Waals surface area contributed by atoms with E-state index in [0.29, 0.717) is 0 Å². The second-order valence-electron chi connectivity index (χ2n) is 4.15. The second-order valence-corrected chi connectivity index (χ2v) is 4.15. The fourth-order valence-electron chi connectivity index (χ4n) is 1.59. The summed E-state index contributed by atoms with van der Waals surface area (Å²) in [4.78, 5) is 22.2. The average Bonchev–Trinajstić information content (AvgIpc) is 2.52. The van der Waals surface area contributed by atoms with Gasteiger partial charge in [0.25, 0.3) is 0 Å². The van der Waals surface area contributed by atoms with E-state index in [1.54, 1.807) is 13.0 Å². The maximum Gasteiger partial charge on any atom is 0.396 e. The van der Waals surface area contributed by atoms with Gasteiger partial charge in [0.05, 0.1) is 13.2 Å². The highest BCUT2D eigenvalue weighted by Crippen LogP contribution is 2.18. The summed E-state index contributed by atoms with van der Waals surface area (Å²) in [5.74, 6) is 4.52. The monoisotopic (exact) mass is 301 g/mol. The molecule has 0 atom stereocenters. The SMILES string of the molecule is C=CCc1ccccc1OCC#CCNC(=O)C(=O)OCC. The summed E-state index contributed by atoms with van der Waals surface area (Å²) in [6.45, 7) is 5.76. The number of para-hydroxylation sites is 1. The Labute approximate surface area is 130 Å². The van der Waals surface area contributed by atoms with E-state index in [1.165, 1.54) is 0 Å². The van der Waals surface area contributed by atoms with Crippen LogP contribution in [0, 0.1) is 11.8 Å². The quantitative estimate of drug-likeness (QED) is 0.374. The van der Waals surface area contributed by atoms with Crippen molar-refractivity contribution < 1.29 is 19.1 Å². The molecule has 0 unspecified atom stereocenters. The highest BCUT2D eigenvalue weighted by Gasteiger charge is 2.12. The molecular weight excluding hydrogens is 282 g/mol. The van der Waals surface area contributed by atoms with E-state index in [0.717, 1.165) is 17.7 Å². The third-order valence-corrected chi connectivity index (χ3v) is 2.56. The third kappa shape index (κ3) is 6.14. The Morgan fingerprint density at radius 2 is 2.09 bits per heavy atom. The van der Waals surface area contributed by atoms with Crippen LogP contribution < -0.4 is 10.1 Å². The highest BCUT2D eigenvalue weighted by molar-refractivity contribution is 6.32. The van der Waals surface area contributed by atoms with Gasteiger partial charge in [0, 0.05) is 0 Å². The fourth-order valence-corrected chi connectivity index (χ4v) is 1.59. The molecule has 0 saturated carbocycles. The van der Waals surface area contributed by atoms with Crippen LogP contribution in [0.1, 0.15) is 12.5 Å². The maximum atomic E-state index is 11.2. The third-order valence-electron chi connectivity index (χ3n) is 2.56. The first-order chi connectivity index (χ1) is 10.7. The number of nitrogens with one attached hydrogen (secondary N) is 1. The van der Waals surface area contributed by atoms with Gasteiger partial charge in [-0.3, -0.25) is 4.79 Å². The molecule has 0 spiro atoms. The van der Waals surface area contributed by atoms with Gasteiger partial charge in [-0.25, -0.2) is 4.79 Å². The Hall–Kier alpha value is -2.74. The molecular formula is C17H19NO4. The minimum absolute atomic E-state index is 0.0648. The van der Waals surface area contributed by atoms with E-state index in [-0.39, 0.29) is 19.8 Å². The Balaban J connectivity index is 2.35. The van der Waals surface area contributed by atoms with Gasteiger partial charge >= 0.3 is 11.9 Å². The lowest BCUT2D eigenvalue weighted by Gasteiger charge is -2.07. The molecule has 0 aromatic heterocycles. The van der Waals surface area contributed by atoms with E-state index in [4.69, 9.17) is 4.74 Å². The summed E-state index contributed by atoms with van der Waals surface area (Å²) in [6, 6.07) is 7.64. The van der Waals surface area contributed by atoms with E-state index >= 15 is 0 Å². The topological polar surface area (TPSA) is 64.6 Å². The van der Waals surface area contributed by atoms with Crippen molar-refractivity contribution in [1.29, 1.82) is 0 Å². The predicted octanol–water partition coefficient (Wildman–Crippen LogP) is 1.48. The van der Waals surface area contributed by atoms with E-state index in [9.17, 15) is 9.59 Å². The first-order valence-electron chi connectivity index (χ1n) is 6.91. The van der Waals surface area contributed by atoms with Gasteiger partial charge in [0.2, 0.25) is 0 Å². The van der Waals surface area contributed by atoms with Crippen molar-refractivity contribution in [3.63, 3.8) is 0 Å². The zero-order valence-corrected chi connectivity index (χ0v) is 12.6. The molecule has 22 heavy (non-hydrogen) atoms. The van der Waals surface area contributed by atoms with Crippen LogP contribution in [0.3, 0.4) is 0 Å². The van der Waals surface area contributed by atoms with Gasteiger partial charge in [-0.2, -0.15) is 0 Å². The smallest absolute Gasteiger partial charge is 0.396 e. The molecule has 1 rings (SSSR count). The van der Waals surface area contributed by atoms with Crippen LogP contribution >= 0.6 is 0 Å². The van der Waals surface area contributed by atoms with Crippen molar-refractivity contribution in [3.8, 4) is 17.6 Å². The number of rotatable bonds is 6. The van der Waals surface area contributed by atoms with Gasteiger partial charge < -0.3 is 14.8 Å². The Morgan fingerprint density at radius 3 is 2.82 bits per heavy atom. The molecule has 5 nitrogen and oxygen atoms in total. The molecule has 0 aliphatic rings. The van der Waals surface area contributed by atoms with Crippen LogP contribution in [0.5, 0.6) is 5.75 Å². The number of hydrogen-bond acceptors (Lipinski definition) is 4. The van der Waals surface area contributed by atoms with E-state index in [2.05, 4.69) is 28.5 Å². The molecule has 1 aromatic carbocycles. The zero-order chi connectivity index (χ0) is 16.2. The van der Waals surface area contributed by atoms with Crippen molar-refractivity contribution in [1.82, 2.24) is 5.32 Å². The van der Waals surface area contributed by atoms with Crippen LogP contribution in [0.4, 0.5) is 0 Å². The summed E-state index contributed by atoms with van der Waals surface area (Å²) >= 11 is 0. The fraction of sp³-hybridized carbons (Fsp3) is 0.294. The van der Waals surface area contributed by atoms with E-state index < -0.39 is 11.9 Å². The van der Waals surface area contributed by atoms with Crippen molar-refractivity contribution in [3.05, 3.63) is 42.5 Å². The molecule has 0 aliphatic heterocycles. The Kier molecular flexibility index (Phi) is 7.91. The maximum absolute atomic E-state index is 11.2. The summed E-state index contributed by atoms with van der Waals surface area (Å²) in [6.07, 6.45) is 2.53. The Morgan fingerprint density at radius 1 is 1.32 bits per heavy atom. The summed E-state index contributed by atoms with van der Waals surface area (Å²) in [5.41, 5.74) is 1.04. The number of carbonyl (C=O) groups excluding carboxylic acids is 2. The van der Waals surface area contributed by atoms with Crippen molar-refractivity contribution in [2.45, 2.75) is 13.3 Å². The molecule has 1 aromatic rings. The van der Waals surface area contributed by atoms with Gasteiger partial charge in [-0.15, -0.1) is 6.58 Å². The summed E-state index contributed by atoms with van der Waals surface area (Å²) in [5, 5.41) is 2.34. The zero-order valence-electron chi connectivity index (χ0n) is 12.6. The van der Waals surface area contributed by atoms with Gasteiger partial charge in [-0.05, 0) is 25.0 Å². The molecule has 0 heterocycles. The van der Waals surface area contributed by atoms with Crippen molar-refractivity contribution in [2.24, 2.45) is 0 Å². The highest BCUT2D eigenvalue weighted by atomic mass is 16.5. The van der Waals surface area contributed by atoms with Crippen LogP contribution in [0.25, 0.3) is 0 Å². The minimum Gasteiger partial charge on any atom is -0.481 e. The molecule has 116 valence electrons. The molecule has 0 bridgehead atoms. The predicted molar refractivity (Wildman–Crippen MR) is 83.3 cm³/mol. The van der Waals surface area contributed by atoms with Crippen LogP contribution in [0.2, 0.25) is 0 Å². The second kappa shape index (κ2) is 10.1. The van der Waals surface area contributed by atoms with E-state index in [1.807, 2.05) is 24.3 Å². The van der Waals surface area contributed by atoms with Gasteiger partial charge in [-0.1, -0.05) is 36.1 Å². The van der Waals surface area contributed by atoms with Gasteiger partial charge in [0.1, 0.15) is 12.4 Å². The minimum atomic E-state index is -0.904. The number of allylic oxidation sites excluding steroid dienone is 1. The first-order valence-corrected chi connectivity index (χ1v) is 6.91. The molecule has 0 aliphatic carbocycles. The van der Waals surface area contributed by atoms with Gasteiger partial charge in [0.15, 0.2) is 0 Å². The lowest BCUT2D eigenvalue weighted by Crippen LogP contribution is -2.32.